The van der Waals surface area contributed by atoms with Crippen molar-refractivity contribution in [2.24, 2.45) is 0 Å². The van der Waals surface area contributed by atoms with E-state index in [0.717, 1.165) is 13.1 Å². The number of ether oxygens (including phenoxy) is 1. The fourth-order valence-electron chi connectivity index (χ4n) is 0.746. The van der Waals surface area contributed by atoms with Gasteiger partial charge in [-0.05, 0) is 0 Å². The lowest BCUT2D eigenvalue weighted by Crippen LogP contribution is -2.48. The zero-order valence-electron chi connectivity index (χ0n) is 6.54. The second kappa shape index (κ2) is 3.51. The van der Waals surface area contributed by atoms with Gasteiger partial charge in [0.1, 0.15) is 9.84 Å². The van der Waals surface area contributed by atoms with Crippen LogP contribution in [0, 0.1) is 0 Å². The van der Waals surface area contributed by atoms with Crippen LogP contribution in [-0.2, 0) is 14.6 Å². The summed E-state index contributed by atoms with van der Waals surface area (Å²) in [5, 5.41) is 3.03. The van der Waals surface area contributed by atoms with Gasteiger partial charge in [-0.1, -0.05) is 0 Å². The summed E-state index contributed by atoms with van der Waals surface area (Å²) in [4.78, 5) is 0. The maximum absolute atomic E-state index is 10.6. The Balaban J connectivity index is 2.04. The van der Waals surface area contributed by atoms with Crippen LogP contribution in [0.4, 0.5) is 0 Å². The minimum atomic E-state index is -2.85. The van der Waals surface area contributed by atoms with E-state index in [9.17, 15) is 8.42 Å². The molecule has 0 spiro atoms. The molecule has 1 aliphatic rings. The van der Waals surface area contributed by atoms with Crippen molar-refractivity contribution in [2.45, 2.75) is 6.10 Å². The van der Waals surface area contributed by atoms with E-state index in [1.165, 1.54) is 6.26 Å². The molecule has 66 valence electrons. The molecule has 4 nitrogen and oxygen atoms in total. The van der Waals surface area contributed by atoms with E-state index in [1.54, 1.807) is 0 Å². The van der Waals surface area contributed by atoms with Gasteiger partial charge in [0.05, 0.1) is 18.5 Å². The lowest BCUT2D eigenvalue weighted by molar-refractivity contribution is 0.0281. The minimum Gasteiger partial charge on any atom is -0.375 e. The molecule has 11 heavy (non-hydrogen) atoms. The number of hydrogen-bond acceptors (Lipinski definition) is 4. The highest BCUT2D eigenvalue weighted by molar-refractivity contribution is 7.90. The van der Waals surface area contributed by atoms with E-state index < -0.39 is 9.84 Å². The van der Waals surface area contributed by atoms with Crippen molar-refractivity contribution in [2.75, 3.05) is 31.7 Å². The molecule has 0 aliphatic carbocycles. The molecule has 1 heterocycles. The van der Waals surface area contributed by atoms with Gasteiger partial charge < -0.3 is 10.1 Å². The molecular formula is C6H13NO3S. The van der Waals surface area contributed by atoms with Crippen molar-refractivity contribution in [3.05, 3.63) is 0 Å². The molecule has 0 bridgehead atoms. The van der Waals surface area contributed by atoms with E-state index in [0.29, 0.717) is 6.61 Å². The van der Waals surface area contributed by atoms with Crippen LogP contribution in [0.5, 0.6) is 0 Å². The first-order valence-electron chi connectivity index (χ1n) is 3.58. The third kappa shape index (κ3) is 3.69. The smallest absolute Gasteiger partial charge is 0.149 e. The Kier molecular flexibility index (Phi) is 2.86. The summed E-state index contributed by atoms with van der Waals surface area (Å²) in [6.45, 7) is 2.03. The molecule has 1 aliphatic heterocycles. The second-order valence-electron chi connectivity index (χ2n) is 2.78. The quantitative estimate of drug-likeness (QED) is 0.602. The maximum Gasteiger partial charge on any atom is 0.149 e. The summed E-state index contributed by atoms with van der Waals surface area (Å²) in [5.41, 5.74) is 0. The Morgan fingerprint density at radius 1 is 1.55 bits per heavy atom. The van der Waals surface area contributed by atoms with E-state index >= 15 is 0 Å². The lowest BCUT2D eigenvalue weighted by atomic mass is 10.2. The first-order chi connectivity index (χ1) is 5.08. The second-order valence-corrected chi connectivity index (χ2v) is 5.04. The van der Waals surface area contributed by atoms with Crippen molar-refractivity contribution in [1.29, 1.82) is 0 Å². The van der Waals surface area contributed by atoms with Gasteiger partial charge in [-0.2, -0.15) is 0 Å². The highest BCUT2D eigenvalue weighted by Crippen LogP contribution is 1.97. The maximum atomic E-state index is 10.6. The zero-order valence-corrected chi connectivity index (χ0v) is 7.36. The van der Waals surface area contributed by atoms with Crippen molar-refractivity contribution in [3.8, 4) is 0 Å². The summed E-state index contributed by atoms with van der Waals surface area (Å²) in [7, 11) is -2.85. The average molecular weight is 179 g/mol. The van der Waals surface area contributed by atoms with Crippen LogP contribution in [-0.4, -0.2) is 46.2 Å². The molecule has 0 radical (unpaired) electrons. The number of nitrogens with one attached hydrogen (secondary N) is 1. The standard InChI is InChI=1S/C6H13NO3S/c1-11(8,9)3-2-10-6-4-7-5-6/h6-7H,2-5H2,1H3. The summed E-state index contributed by atoms with van der Waals surface area (Å²) in [5.74, 6) is 0.128. The SMILES string of the molecule is CS(=O)(=O)CCOC1CNC1. The predicted octanol–water partition coefficient (Wildman–Crippen LogP) is -0.981. The van der Waals surface area contributed by atoms with Gasteiger partial charge in [0.2, 0.25) is 0 Å². The summed E-state index contributed by atoms with van der Waals surface area (Å²) < 4.78 is 26.5. The Hall–Kier alpha value is -0.130. The summed E-state index contributed by atoms with van der Waals surface area (Å²) in [6.07, 6.45) is 1.45. The van der Waals surface area contributed by atoms with Gasteiger partial charge in [0.25, 0.3) is 0 Å². The molecule has 1 rings (SSSR count). The van der Waals surface area contributed by atoms with Gasteiger partial charge in [-0.15, -0.1) is 0 Å². The monoisotopic (exact) mass is 179 g/mol. The first-order valence-corrected chi connectivity index (χ1v) is 5.64. The van der Waals surface area contributed by atoms with Crippen LogP contribution in [0.3, 0.4) is 0 Å². The predicted molar refractivity (Wildman–Crippen MR) is 42.3 cm³/mol. The van der Waals surface area contributed by atoms with E-state index in [-0.39, 0.29) is 11.9 Å². The highest BCUT2D eigenvalue weighted by atomic mass is 32.2. The Bertz CT molecular complexity index is 208. The third-order valence-corrected chi connectivity index (χ3v) is 2.46. The van der Waals surface area contributed by atoms with Crippen LogP contribution in [0.1, 0.15) is 0 Å². The normalized spacial score (nSPS) is 19.7. The Labute approximate surface area is 66.8 Å². The molecular weight excluding hydrogens is 166 g/mol. The lowest BCUT2D eigenvalue weighted by Gasteiger charge is -2.26. The van der Waals surface area contributed by atoms with Gasteiger partial charge in [0.15, 0.2) is 0 Å². The number of sulfone groups is 1. The van der Waals surface area contributed by atoms with Gasteiger partial charge in [-0.3, -0.25) is 0 Å². The molecule has 0 unspecified atom stereocenters. The number of hydrogen-bond donors (Lipinski definition) is 1. The topological polar surface area (TPSA) is 55.4 Å². The third-order valence-electron chi connectivity index (χ3n) is 1.55. The highest BCUT2D eigenvalue weighted by Gasteiger charge is 2.17. The van der Waals surface area contributed by atoms with Crippen LogP contribution < -0.4 is 5.32 Å². The Morgan fingerprint density at radius 2 is 2.18 bits per heavy atom. The average Bonchev–Trinajstić information content (AvgIpc) is 1.73. The van der Waals surface area contributed by atoms with Crippen LogP contribution in [0.2, 0.25) is 0 Å². The molecule has 1 saturated heterocycles. The number of rotatable bonds is 4. The molecule has 0 aromatic carbocycles. The van der Waals surface area contributed by atoms with Crippen molar-refractivity contribution in [3.63, 3.8) is 0 Å². The molecule has 1 fully saturated rings. The Morgan fingerprint density at radius 3 is 2.55 bits per heavy atom. The van der Waals surface area contributed by atoms with E-state index in [1.807, 2.05) is 0 Å². The molecule has 0 aromatic rings. The fourth-order valence-corrected chi connectivity index (χ4v) is 1.15. The molecule has 0 aromatic heterocycles. The largest absolute Gasteiger partial charge is 0.375 e. The van der Waals surface area contributed by atoms with E-state index in [2.05, 4.69) is 5.32 Å². The molecule has 0 atom stereocenters. The minimum absolute atomic E-state index is 0.128. The molecule has 5 heteroatoms. The van der Waals surface area contributed by atoms with Crippen LogP contribution in [0.25, 0.3) is 0 Å². The van der Waals surface area contributed by atoms with Crippen molar-refractivity contribution >= 4 is 9.84 Å². The molecule has 0 amide bonds. The van der Waals surface area contributed by atoms with Crippen LogP contribution >= 0.6 is 0 Å². The molecule has 1 N–H and O–H groups in total. The zero-order chi connectivity index (χ0) is 8.32. The van der Waals surface area contributed by atoms with Gasteiger partial charge in [-0.25, -0.2) is 8.42 Å². The summed E-state index contributed by atoms with van der Waals surface area (Å²) in [6, 6.07) is 0. The first kappa shape index (κ1) is 8.96. The fraction of sp³-hybridized carbons (Fsp3) is 1.00. The van der Waals surface area contributed by atoms with Crippen molar-refractivity contribution < 1.29 is 13.2 Å². The van der Waals surface area contributed by atoms with E-state index in [4.69, 9.17) is 4.74 Å². The van der Waals surface area contributed by atoms with Crippen molar-refractivity contribution in [1.82, 2.24) is 5.32 Å². The van der Waals surface area contributed by atoms with Gasteiger partial charge in [0, 0.05) is 19.3 Å². The summed E-state index contributed by atoms with van der Waals surface area (Å²) >= 11 is 0. The van der Waals surface area contributed by atoms with Crippen LogP contribution in [0.15, 0.2) is 0 Å². The molecule has 0 saturated carbocycles. The van der Waals surface area contributed by atoms with Gasteiger partial charge >= 0.3 is 0 Å².